The molecular formula is C25H35ClN4O3S. The van der Waals surface area contributed by atoms with Crippen LogP contribution in [0.3, 0.4) is 0 Å². The summed E-state index contributed by atoms with van der Waals surface area (Å²) in [5, 5.41) is 10.6. The third-order valence-corrected chi connectivity index (χ3v) is 7.59. The van der Waals surface area contributed by atoms with Crippen molar-refractivity contribution in [1.29, 1.82) is 5.26 Å². The number of hydrogen-bond acceptors (Lipinski definition) is 5. The van der Waals surface area contributed by atoms with Gasteiger partial charge in [0.1, 0.15) is 5.65 Å². The highest BCUT2D eigenvalue weighted by atomic mass is 35.5. The molecule has 0 saturated carbocycles. The van der Waals surface area contributed by atoms with Crippen LogP contribution in [0, 0.1) is 22.7 Å². The summed E-state index contributed by atoms with van der Waals surface area (Å²) in [5.41, 5.74) is 0.983. The van der Waals surface area contributed by atoms with Crippen LogP contribution in [0.4, 0.5) is 0 Å². The molecule has 0 spiro atoms. The molecule has 34 heavy (non-hydrogen) atoms. The second-order valence-corrected chi connectivity index (χ2v) is 11.6. The fraction of sp³-hybridized carbons (Fsp3) is 0.640. The Labute approximate surface area is 209 Å². The van der Waals surface area contributed by atoms with Gasteiger partial charge in [0.25, 0.3) is 0 Å². The Morgan fingerprint density at radius 1 is 1.44 bits per heavy atom. The Balaban J connectivity index is 1.89. The zero-order valence-corrected chi connectivity index (χ0v) is 22.4. The Morgan fingerprint density at radius 2 is 2.12 bits per heavy atom. The molecule has 1 saturated heterocycles. The van der Waals surface area contributed by atoms with Gasteiger partial charge in [-0.15, -0.1) is 0 Å². The molecule has 9 heteroatoms. The van der Waals surface area contributed by atoms with E-state index in [2.05, 4.69) is 34.8 Å². The predicted molar refractivity (Wildman–Crippen MR) is 136 cm³/mol. The fourth-order valence-corrected chi connectivity index (χ4v) is 5.96. The van der Waals surface area contributed by atoms with Crippen LogP contribution in [-0.4, -0.2) is 43.3 Å². The number of nitriles is 1. The topological polar surface area (TPSA) is 99.1 Å². The van der Waals surface area contributed by atoms with Crippen molar-refractivity contribution in [2.24, 2.45) is 11.3 Å². The molecule has 2 aromatic heterocycles. The van der Waals surface area contributed by atoms with E-state index in [-0.39, 0.29) is 29.7 Å². The number of carbonyl (C=O) groups is 1. The number of nitrogens with zero attached hydrogens (tertiary/aromatic N) is 3. The number of H-pyrrole nitrogens is 1. The van der Waals surface area contributed by atoms with Crippen molar-refractivity contribution >= 4 is 39.6 Å². The number of piperidine rings is 1. The molecule has 0 aliphatic carbocycles. The molecule has 0 aromatic carbocycles. The minimum atomic E-state index is -1.53. The molecule has 3 heterocycles. The van der Waals surface area contributed by atoms with Gasteiger partial charge in [0.15, 0.2) is 5.75 Å². The first-order chi connectivity index (χ1) is 16.0. The van der Waals surface area contributed by atoms with E-state index >= 15 is 0 Å². The van der Waals surface area contributed by atoms with Crippen LogP contribution in [-0.2, 0) is 15.9 Å². The maximum atomic E-state index is 13.7. The van der Waals surface area contributed by atoms with Gasteiger partial charge in [-0.25, -0.2) is 9.19 Å². The third-order valence-electron chi connectivity index (χ3n) is 6.80. The SMILES string of the molecule is CCC1CC(C)CC(CC(C)(C)C#N)N1C(=O)CC(C)c1c[nH]c2ncc(OS(C)=O)c(Cl)c12. The third kappa shape index (κ3) is 5.75. The van der Waals surface area contributed by atoms with Crippen molar-refractivity contribution < 1.29 is 13.2 Å². The van der Waals surface area contributed by atoms with Gasteiger partial charge < -0.3 is 14.1 Å². The van der Waals surface area contributed by atoms with Gasteiger partial charge in [-0.2, -0.15) is 5.26 Å². The van der Waals surface area contributed by atoms with Crippen molar-refractivity contribution in [3.8, 4) is 11.8 Å². The highest BCUT2D eigenvalue weighted by Gasteiger charge is 2.39. The summed E-state index contributed by atoms with van der Waals surface area (Å²) in [5.74, 6) is 0.756. The summed E-state index contributed by atoms with van der Waals surface area (Å²) in [4.78, 5) is 23.3. The molecule has 1 N–H and O–H groups in total. The standard InChI is InChI=1S/C25H35ClN4O3S/c1-7-17-8-15(2)9-18(11-25(4,5)14-27)30(17)21(31)10-16(3)19-12-28-24-22(19)23(26)20(13-29-24)33-34(6)32/h12-13,15-18H,7-11H2,1-6H3,(H,28,29). The molecule has 0 bridgehead atoms. The van der Waals surface area contributed by atoms with E-state index in [9.17, 15) is 14.3 Å². The van der Waals surface area contributed by atoms with Crippen LogP contribution in [0.2, 0.25) is 5.02 Å². The van der Waals surface area contributed by atoms with E-state index < -0.39 is 16.5 Å². The lowest BCUT2D eigenvalue weighted by molar-refractivity contribution is -0.140. The zero-order valence-electron chi connectivity index (χ0n) is 20.9. The first-order valence-corrected chi connectivity index (χ1v) is 13.7. The van der Waals surface area contributed by atoms with E-state index in [1.165, 1.54) is 12.5 Å². The minimum absolute atomic E-state index is 0.0517. The van der Waals surface area contributed by atoms with Crippen molar-refractivity contribution in [1.82, 2.24) is 14.9 Å². The van der Waals surface area contributed by atoms with E-state index in [1.54, 1.807) is 0 Å². The van der Waals surface area contributed by atoms with E-state index in [4.69, 9.17) is 15.8 Å². The van der Waals surface area contributed by atoms with Crippen molar-refractivity contribution in [3.63, 3.8) is 0 Å². The highest BCUT2D eigenvalue weighted by Crippen LogP contribution is 2.40. The van der Waals surface area contributed by atoms with Crippen LogP contribution in [0.1, 0.15) is 78.2 Å². The van der Waals surface area contributed by atoms with Crippen LogP contribution in [0.25, 0.3) is 11.0 Å². The number of amides is 1. The smallest absolute Gasteiger partial charge is 0.223 e. The van der Waals surface area contributed by atoms with Crippen LogP contribution in [0.15, 0.2) is 12.4 Å². The molecule has 5 atom stereocenters. The number of halogens is 1. The number of aromatic nitrogens is 2. The largest absolute Gasteiger partial charge is 0.397 e. The Hall–Kier alpha value is -2.11. The molecule has 5 unspecified atom stereocenters. The van der Waals surface area contributed by atoms with Gasteiger partial charge in [0.05, 0.1) is 22.7 Å². The van der Waals surface area contributed by atoms with Crippen LogP contribution >= 0.6 is 11.6 Å². The molecule has 1 fully saturated rings. The van der Waals surface area contributed by atoms with E-state index in [0.717, 1.165) is 24.8 Å². The lowest BCUT2D eigenvalue weighted by Gasteiger charge is -2.46. The molecule has 3 rings (SSSR count). The Morgan fingerprint density at radius 3 is 2.74 bits per heavy atom. The van der Waals surface area contributed by atoms with Gasteiger partial charge in [0.2, 0.25) is 17.0 Å². The number of carbonyl (C=O) groups excluding carboxylic acids is 1. The minimum Gasteiger partial charge on any atom is -0.397 e. The summed E-state index contributed by atoms with van der Waals surface area (Å²) in [7, 11) is 0. The van der Waals surface area contributed by atoms with E-state index in [1.807, 2.05) is 27.0 Å². The maximum absolute atomic E-state index is 13.7. The van der Waals surface area contributed by atoms with Gasteiger partial charge in [0, 0.05) is 36.3 Å². The maximum Gasteiger partial charge on any atom is 0.223 e. The normalized spacial score (nSPS) is 22.9. The molecule has 186 valence electrons. The number of nitrogens with one attached hydrogen (secondary N) is 1. The molecular weight excluding hydrogens is 472 g/mol. The second kappa shape index (κ2) is 10.7. The zero-order chi connectivity index (χ0) is 25.2. The summed E-state index contributed by atoms with van der Waals surface area (Å²) in [6.45, 7) is 10.3. The van der Waals surface area contributed by atoms with Gasteiger partial charge in [-0.3, -0.25) is 4.79 Å². The van der Waals surface area contributed by atoms with Crippen molar-refractivity contribution in [2.75, 3.05) is 6.26 Å². The predicted octanol–water partition coefficient (Wildman–Crippen LogP) is 5.73. The Bertz CT molecular complexity index is 1110. The molecule has 1 amide bonds. The second-order valence-electron chi connectivity index (χ2n) is 10.3. The molecule has 1 aliphatic heterocycles. The Kier molecular flexibility index (Phi) is 8.30. The van der Waals surface area contributed by atoms with Crippen LogP contribution in [0.5, 0.6) is 5.75 Å². The number of rotatable bonds is 8. The monoisotopic (exact) mass is 506 g/mol. The van der Waals surface area contributed by atoms with Gasteiger partial charge in [-0.05, 0) is 56.9 Å². The van der Waals surface area contributed by atoms with Gasteiger partial charge in [-0.1, -0.05) is 32.4 Å². The average molecular weight is 507 g/mol. The van der Waals surface area contributed by atoms with Crippen molar-refractivity contribution in [2.45, 2.75) is 84.7 Å². The van der Waals surface area contributed by atoms with Gasteiger partial charge >= 0.3 is 0 Å². The lowest BCUT2D eigenvalue weighted by Crippen LogP contribution is -2.53. The number of likely N-dealkylation sites (tertiary alicyclic amines) is 1. The summed E-state index contributed by atoms with van der Waals surface area (Å²) in [6, 6.07) is 2.63. The number of aromatic amines is 1. The highest BCUT2D eigenvalue weighted by molar-refractivity contribution is 7.79. The quantitative estimate of drug-likeness (QED) is 0.493. The summed E-state index contributed by atoms with van der Waals surface area (Å²) >= 11 is 5.06. The first kappa shape index (κ1) is 26.5. The number of hydrogen-bond donors (Lipinski definition) is 1. The fourth-order valence-electron chi connectivity index (χ4n) is 5.25. The first-order valence-electron chi connectivity index (χ1n) is 11.9. The lowest BCUT2D eigenvalue weighted by atomic mass is 9.78. The van der Waals surface area contributed by atoms with Crippen LogP contribution < -0.4 is 4.18 Å². The molecule has 2 aromatic rings. The molecule has 7 nitrogen and oxygen atoms in total. The number of fused-ring (bicyclic) bond motifs is 1. The summed E-state index contributed by atoms with van der Waals surface area (Å²) < 4.78 is 16.8. The number of pyridine rings is 1. The summed E-state index contributed by atoms with van der Waals surface area (Å²) in [6.07, 6.45) is 8.49. The van der Waals surface area contributed by atoms with Crippen molar-refractivity contribution in [3.05, 3.63) is 23.0 Å². The average Bonchev–Trinajstić information content (AvgIpc) is 3.19. The molecule has 1 aliphatic rings. The van der Waals surface area contributed by atoms with E-state index in [0.29, 0.717) is 34.8 Å². The molecule has 0 radical (unpaired) electrons.